The molecule has 0 amide bonds. The summed E-state index contributed by atoms with van der Waals surface area (Å²) in [7, 11) is 4.22. The highest BCUT2D eigenvalue weighted by Gasteiger charge is 2.03. The monoisotopic (exact) mass is 341 g/mol. The maximum atomic E-state index is 9.55. The Hall–Kier alpha value is -2.92. The van der Waals surface area contributed by atoms with Crippen molar-refractivity contribution in [3.05, 3.63) is 83.4 Å². The van der Waals surface area contributed by atoms with Gasteiger partial charge in [0.2, 0.25) is 0 Å². The van der Waals surface area contributed by atoms with Crippen molar-refractivity contribution in [3.8, 4) is 0 Å². The van der Waals surface area contributed by atoms with Crippen LogP contribution in [0.5, 0.6) is 0 Å². The first-order valence-corrected chi connectivity index (χ1v) is 7.78. The molecule has 132 valence electrons. The van der Waals surface area contributed by atoms with Crippen LogP contribution in [0.4, 0.5) is 0 Å². The Bertz CT molecular complexity index is 693. The quantitative estimate of drug-likeness (QED) is 0.790. The van der Waals surface area contributed by atoms with Gasteiger partial charge in [0.15, 0.2) is 0 Å². The van der Waals surface area contributed by atoms with Crippen LogP contribution in [0.1, 0.15) is 16.7 Å². The van der Waals surface area contributed by atoms with Crippen molar-refractivity contribution in [2.45, 2.75) is 13.0 Å². The van der Waals surface area contributed by atoms with Gasteiger partial charge in [-0.15, -0.1) is 0 Å². The van der Waals surface area contributed by atoms with Crippen LogP contribution in [-0.4, -0.2) is 41.1 Å². The molecule has 5 heteroatoms. The number of carboxylic acid groups (broad SMARTS) is 2. The predicted octanol–water partition coefficient (Wildman–Crippen LogP) is 3.05. The van der Waals surface area contributed by atoms with E-state index in [0.29, 0.717) is 12.2 Å². The van der Waals surface area contributed by atoms with Gasteiger partial charge in [-0.3, -0.25) is 0 Å². The number of nitrogens with zero attached hydrogens (tertiary/aromatic N) is 1. The summed E-state index contributed by atoms with van der Waals surface area (Å²) < 4.78 is 0. The van der Waals surface area contributed by atoms with Crippen molar-refractivity contribution < 1.29 is 19.8 Å². The minimum atomic E-state index is -1.26. The summed E-state index contributed by atoms with van der Waals surface area (Å²) in [6, 6.07) is 19.3. The van der Waals surface area contributed by atoms with Crippen LogP contribution in [-0.2, 0) is 22.6 Å². The summed E-state index contributed by atoms with van der Waals surface area (Å²) in [4.78, 5) is 21.3. The fourth-order valence-electron chi connectivity index (χ4n) is 2.18. The number of benzene rings is 2. The highest BCUT2D eigenvalue weighted by Crippen LogP contribution is 2.15. The molecule has 0 spiro atoms. The van der Waals surface area contributed by atoms with E-state index < -0.39 is 11.9 Å². The highest BCUT2D eigenvalue weighted by molar-refractivity contribution is 5.89. The van der Waals surface area contributed by atoms with Gasteiger partial charge in [-0.25, -0.2) is 9.59 Å². The van der Waals surface area contributed by atoms with Crippen molar-refractivity contribution in [3.63, 3.8) is 0 Å². The second-order valence-electron chi connectivity index (χ2n) is 5.68. The first kappa shape index (κ1) is 20.1. The van der Waals surface area contributed by atoms with Gasteiger partial charge in [-0.1, -0.05) is 54.6 Å². The maximum Gasteiger partial charge on any atom is 0.328 e. The Morgan fingerprint density at radius 1 is 0.840 bits per heavy atom. The Labute approximate surface area is 147 Å². The summed E-state index contributed by atoms with van der Waals surface area (Å²) in [6.45, 7) is 1.00. The van der Waals surface area contributed by atoms with E-state index >= 15 is 0 Å². The average Bonchev–Trinajstić information content (AvgIpc) is 2.56. The maximum absolute atomic E-state index is 9.55. The third kappa shape index (κ3) is 9.07. The summed E-state index contributed by atoms with van der Waals surface area (Å²) in [5.74, 6) is -2.51. The molecule has 0 saturated heterocycles. The molecule has 0 fully saturated rings. The van der Waals surface area contributed by atoms with Crippen LogP contribution < -0.4 is 0 Å². The molecule has 0 unspecified atom stereocenters. The van der Waals surface area contributed by atoms with Gasteiger partial charge in [0.25, 0.3) is 0 Å². The number of aliphatic carboxylic acids is 2. The molecule has 2 aromatic rings. The molecule has 2 rings (SSSR count). The van der Waals surface area contributed by atoms with Gasteiger partial charge in [0, 0.05) is 18.7 Å². The second-order valence-corrected chi connectivity index (χ2v) is 5.68. The normalized spacial score (nSPS) is 10.4. The molecule has 0 heterocycles. The van der Waals surface area contributed by atoms with Gasteiger partial charge < -0.3 is 15.1 Å². The lowest BCUT2D eigenvalue weighted by molar-refractivity contribution is -0.134. The zero-order valence-corrected chi connectivity index (χ0v) is 14.4. The molecule has 2 N–H and O–H groups in total. The molecule has 0 atom stereocenters. The third-order valence-electron chi connectivity index (χ3n) is 3.21. The fraction of sp³-hybridized carbons (Fsp3) is 0.200. The molecular weight excluding hydrogens is 318 g/mol. The molecule has 2 aromatic carbocycles. The lowest BCUT2D eigenvalue weighted by Gasteiger charge is -2.14. The number of rotatable bonds is 6. The Balaban J connectivity index is 0.000000333. The molecule has 0 radical (unpaired) electrons. The van der Waals surface area contributed by atoms with Gasteiger partial charge >= 0.3 is 11.9 Å². The summed E-state index contributed by atoms with van der Waals surface area (Å²) in [5, 5.41) is 15.6. The Morgan fingerprint density at radius 3 is 1.80 bits per heavy atom. The molecule has 0 aliphatic rings. The molecule has 0 bridgehead atoms. The molecule has 0 aromatic heterocycles. The molecule has 5 nitrogen and oxygen atoms in total. The topological polar surface area (TPSA) is 77.8 Å². The van der Waals surface area contributed by atoms with E-state index in [1.807, 2.05) is 0 Å². The minimum Gasteiger partial charge on any atom is -0.478 e. The van der Waals surface area contributed by atoms with Crippen LogP contribution >= 0.6 is 0 Å². The highest BCUT2D eigenvalue weighted by atomic mass is 16.4. The lowest BCUT2D eigenvalue weighted by Crippen LogP contribution is -2.12. The standard InChI is InChI=1S/C16H19N.C4H4O4/c1-17(2)13-16-11-7-6-10-15(16)12-14-8-4-3-5-9-14;5-3(6)1-2-4(7)8/h3-11H,12-13H2,1-2H3;1-2H,(H,5,6)(H,7,8)/b;2-1-. The van der Waals surface area contributed by atoms with E-state index in [-0.39, 0.29) is 0 Å². The van der Waals surface area contributed by atoms with Gasteiger partial charge in [-0.2, -0.15) is 0 Å². The van der Waals surface area contributed by atoms with Crippen LogP contribution in [0.25, 0.3) is 0 Å². The first-order valence-electron chi connectivity index (χ1n) is 7.78. The lowest BCUT2D eigenvalue weighted by atomic mass is 9.99. The zero-order chi connectivity index (χ0) is 18.7. The van der Waals surface area contributed by atoms with Crippen molar-refractivity contribution in [1.82, 2.24) is 4.90 Å². The van der Waals surface area contributed by atoms with E-state index in [2.05, 4.69) is 73.6 Å². The average molecular weight is 341 g/mol. The predicted molar refractivity (Wildman–Crippen MR) is 97.5 cm³/mol. The van der Waals surface area contributed by atoms with Crippen molar-refractivity contribution in [2.24, 2.45) is 0 Å². The van der Waals surface area contributed by atoms with E-state index in [9.17, 15) is 9.59 Å². The van der Waals surface area contributed by atoms with Crippen molar-refractivity contribution in [1.29, 1.82) is 0 Å². The molecule has 0 aliphatic heterocycles. The smallest absolute Gasteiger partial charge is 0.328 e. The van der Waals surface area contributed by atoms with Crippen LogP contribution in [0.15, 0.2) is 66.7 Å². The third-order valence-corrected chi connectivity index (χ3v) is 3.21. The summed E-state index contributed by atoms with van der Waals surface area (Å²) >= 11 is 0. The number of carboxylic acids is 2. The van der Waals surface area contributed by atoms with E-state index in [4.69, 9.17) is 10.2 Å². The van der Waals surface area contributed by atoms with E-state index in [1.165, 1.54) is 16.7 Å². The number of carbonyl (C=O) groups is 2. The summed E-state index contributed by atoms with van der Waals surface area (Å²) in [5.41, 5.74) is 4.22. The first-order chi connectivity index (χ1) is 11.9. The Morgan fingerprint density at radius 2 is 1.32 bits per heavy atom. The second kappa shape index (κ2) is 10.8. The molecule has 0 aliphatic carbocycles. The fourth-order valence-corrected chi connectivity index (χ4v) is 2.18. The van der Waals surface area contributed by atoms with Crippen LogP contribution in [0.3, 0.4) is 0 Å². The minimum absolute atomic E-state index is 0.558. The number of hydrogen-bond acceptors (Lipinski definition) is 3. The van der Waals surface area contributed by atoms with E-state index in [1.54, 1.807) is 0 Å². The number of hydrogen-bond donors (Lipinski definition) is 2. The van der Waals surface area contributed by atoms with Crippen molar-refractivity contribution >= 4 is 11.9 Å². The Kier molecular flexibility index (Phi) is 8.68. The van der Waals surface area contributed by atoms with Crippen LogP contribution in [0.2, 0.25) is 0 Å². The van der Waals surface area contributed by atoms with Crippen LogP contribution in [0, 0.1) is 0 Å². The zero-order valence-electron chi connectivity index (χ0n) is 14.4. The van der Waals surface area contributed by atoms with E-state index in [0.717, 1.165) is 13.0 Å². The molecular formula is C20H23NO4. The van der Waals surface area contributed by atoms with Gasteiger partial charge in [0.1, 0.15) is 0 Å². The molecule has 25 heavy (non-hydrogen) atoms. The van der Waals surface area contributed by atoms with Gasteiger partial charge in [-0.05, 0) is 37.2 Å². The molecule has 0 saturated carbocycles. The summed E-state index contributed by atoms with van der Waals surface area (Å²) in [6.07, 6.45) is 2.13. The largest absolute Gasteiger partial charge is 0.478 e. The van der Waals surface area contributed by atoms with Crippen molar-refractivity contribution in [2.75, 3.05) is 14.1 Å². The van der Waals surface area contributed by atoms with Gasteiger partial charge in [0.05, 0.1) is 0 Å². The SMILES string of the molecule is CN(C)Cc1ccccc1Cc1ccccc1.O=C(O)/C=C\C(=O)O.